The molecule has 3 aromatic rings. The number of aliphatic hydroxyl groups is 2. The molecule has 0 saturated heterocycles. The molecule has 0 aliphatic heterocycles. The Hall–Kier alpha value is -0.376. The van der Waals surface area contributed by atoms with E-state index in [2.05, 4.69) is 0 Å². The summed E-state index contributed by atoms with van der Waals surface area (Å²) in [7, 11) is -4.42. The van der Waals surface area contributed by atoms with E-state index in [1.54, 1.807) is 20.0 Å². The molecule has 4 nitrogen and oxygen atoms in total. The van der Waals surface area contributed by atoms with Gasteiger partial charge in [-0.05, 0) is 38.2 Å². The molecule has 2 N–H and O–H groups in total. The summed E-state index contributed by atoms with van der Waals surface area (Å²) in [4.78, 5) is 0. The Balaban J connectivity index is 0.000000669. The fraction of sp³-hybridized carbons (Fsp3) is 0.438. The third-order valence-corrected chi connectivity index (χ3v) is 8.58. The van der Waals surface area contributed by atoms with Crippen LogP contribution in [0.1, 0.15) is 54.7 Å². The summed E-state index contributed by atoms with van der Waals surface area (Å²) >= 11 is 0. The Bertz CT molecular complexity index is 1050. The Morgan fingerprint density at radius 3 is 1.31 bits per heavy atom. The molecule has 1 radical (unpaired) electrons. The molecule has 0 aliphatic carbocycles. The van der Waals surface area contributed by atoms with Crippen LogP contribution in [-0.2, 0) is 9.13 Å². The molecule has 39 heavy (non-hydrogen) atoms. The first-order valence-corrected chi connectivity index (χ1v) is 18.0. The number of benzene rings is 3. The second-order valence-corrected chi connectivity index (χ2v) is 17.8. The van der Waals surface area contributed by atoms with E-state index >= 15 is 0 Å². The maximum absolute atomic E-state index is 13.8. The normalized spacial score (nSPS) is 14.1. The monoisotopic (exact) mass is 712 g/mol. The van der Waals surface area contributed by atoms with E-state index < -0.39 is 32.9 Å². The summed E-state index contributed by atoms with van der Waals surface area (Å²) in [6.45, 7) is 12.9. The maximum Gasteiger partial charge on any atom is 0.171 e. The Kier molecular flexibility index (Phi) is 17.8. The van der Waals surface area contributed by atoms with Gasteiger partial charge in [0.05, 0.1) is 19.3 Å². The number of unbranched alkanes of at least 4 members (excludes halogenated alkanes) is 1. The van der Waals surface area contributed by atoms with Gasteiger partial charge in [0.25, 0.3) is 0 Å². The second-order valence-electron chi connectivity index (χ2n) is 11.2. The van der Waals surface area contributed by atoms with Crippen LogP contribution in [0.4, 0.5) is 0 Å². The molecule has 0 amide bonds. The minimum Gasteiger partial charge on any atom is -0.393 e. The Morgan fingerprint density at radius 2 is 1.05 bits per heavy atom. The van der Waals surface area contributed by atoms with Gasteiger partial charge in [0.15, 0.2) is 7.14 Å². The summed E-state index contributed by atoms with van der Waals surface area (Å²) < 4.78 is 31.8. The zero-order chi connectivity index (χ0) is 29.7. The molecular weight excluding hydrogens is 662 g/mol. The van der Waals surface area contributed by atoms with Gasteiger partial charge < -0.3 is 19.3 Å². The maximum atomic E-state index is 13.8. The van der Waals surface area contributed by atoms with Gasteiger partial charge in [-0.15, -0.1) is 0 Å². The van der Waals surface area contributed by atoms with Crippen LogP contribution in [0.2, 0.25) is 0 Å². The van der Waals surface area contributed by atoms with Crippen molar-refractivity contribution in [1.82, 2.24) is 0 Å². The quantitative estimate of drug-likeness (QED) is 0.250. The minimum atomic E-state index is -2.78. The van der Waals surface area contributed by atoms with Crippen LogP contribution in [-0.4, -0.2) is 42.4 Å². The van der Waals surface area contributed by atoms with Crippen molar-refractivity contribution in [3.63, 3.8) is 0 Å². The van der Waals surface area contributed by atoms with Gasteiger partial charge in [-0.3, -0.25) is 0 Å². The van der Waals surface area contributed by atoms with Crippen molar-refractivity contribution in [3.8, 4) is 0 Å². The van der Waals surface area contributed by atoms with Gasteiger partial charge in [0.1, 0.15) is 0 Å². The van der Waals surface area contributed by atoms with E-state index in [9.17, 15) is 19.3 Å². The van der Waals surface area contributed by atoms with Crippen molar-refractivity contribution in [2.45, 2.75) is 65.6 Å². The molecule has 3 unspecified atom stereocenters. The van der Waals surface area contributed by atoms with Crippen molar-refractivity contribution in [3.05, 3.63) is 91.0 Å². The molecule has 217 valence electrons. The summed E-state index contributed by atoms with van der Waals surface area (Å²) in [5.74, 6) is 0. The molecular formula is C32H48EuO4P2. The summed E-state index contributed by atoms with van der Waals surface area (Å²) in [5, 5.41) is 22.0. The fourth-order valence-corrected chi connectivity index (χ4v) is 6.04. The number of aliphatic hydroxyl groups excluding tert-OH is 2. The Morgan fingerprint density at radius 1 is 0.744 bits per heavy atom. The largest absolute Gasteiger partial charge is 0.393 e. The van der Waals surface area contributed by atoms with E-state index in [4.69, 9.17) is 1.37 Å². The van der Waals surface area contributed by atoms with Crippen LogP contribution in [0.25, 0.3) is 0 Å². The molecule has 0 saturated carbocycles. The van der Waals surface area contributed by atoms with Crippen LogP contribution >= 0.6 is 14.3 Å². The molecule has 0 heterocycles. The molecule has 0 fully saturated rings. The summed E-state index contributed by atoms with van der Waals surface area (Å²) in [6, 6.07) is 29.1. The number of hydrogen-bond donors (Lipinski definition) is 2. The number of rotatable bonds is 8. The van der Waals surface area contributed by atoms with E-state index in [0.717, 1.165) is 28.8 Å². The van der Waals surface area contributed by atoms with Gasteiger partial charge >= 0.3 is 0 Å². The van der Waals surface area contributed by atoms with Gasteiger partial charge in [-0.25, -0.2) is 0 Å². The zero-order valence-corrected chi connectivity index (χ0v) is 28.7. The minimum absolute atomic E-state index is 0. The van der Waals surface area contributed by atoms with Crippen LogP contribution in [0.3, 0.4) is 0 Å². The first kappa shape index (κ1) is 36.7. The average Bonchev–Trinajstić information content (AvgIpc) is 2.90. The summed E-state index contributed by atoms with van der Waals surface area (Å²) in [5.41, 5.74) is -0.334. The number of hydrogen-bond acceptors (Lipinski definition) is 4. The topological polar surface area (TPSA) is 74.6 Å². The van der Waals surface area contributed by atoms with E-state index in [1.807, 2.05) is 119 Å². The van der Waals surface area contributed by atoms with E-state index in [1.165, 1.54) is 0 Å². The van der Waals surface area contributed by atoms with Crippen LogP contribution in [0.15, 0.2) is 91.0 Å². The van der Waals surface area contributed by atoms with E-state index in [-0.39, 0.29) is 54.8 Å². The van der Waals surface area contributed by atoms with Gasteiger partial charge in [-0.1, -0.05) is 132 Å². The first-order chi connectivity index (χ1) is 18.1. The van der Waals surface area contributed by atoms with Crippen LogP contribution < -0.4 is 15.9 Å². The predicted octanol–water partition coefficient (Wildman–Crippen LogP) is 6.90. The summed E-state index contributed by atoms with van der Waals surface area (Å²) in [6.07, 6.45) is 0.265. The third kappa shape index (κ3) is 15.4. The second kappa shape index (κ2) is 18.9. The van der Waals surface area contributed by atoms with Crippen molar-refractivity contribution in [1.29, 1.82) is 0 Å². The fourth-order valence-electron chi connectivity index (χ4n) is 3.37. The zero-order valence-electron chi connectivity index (χ0n) is 25.5. The molecule has 0 bridgehead atoms. The molecule has 0 spiro atoms. The van der Waals surface area contributed by atoms with E-state index in [0.29, 0.717) is 6.42 Å². The smallest absolute Gasteiger partial charge is 0.171 e. The molecule has 3 rings (SSSR count). The Labute approximate surface area is 279 Å². The molecule has 0 aliphatic rings. The average molecular weight is 712 g/mol. The SMILES string of the molecule is CP(C)(C)=O.O=P(c1ccccc1)(c1ccccc1)c1ccccc1.[2H]C(C(O)CCCC)C(O)C(C)(C)C.[Eu]. The standard InChI is InChI=1S/C18H15OP.C11H24O2.C3H9OP.Eu/c19-20(16-10-4-1-5-11-16,17-12-6-2-7-13-17)18-14-8-3-9-15-18;1-5-6-7-9(12)8-10(13)11(2,3)4;1-5(2,3)4;/h1-15H;9-10,12-13H,5-8H2,1-4H3;1-3H3;/i;8D;;. The molecule has 0 aromatic heterocycles. The van der Waals surface area contributed by atoms with Crippen molar-refractivity contribution in [2.24, 2.45) is 5.41 Å². The predicted molar refractivity (Wildman–Crippen MR) is 167 cm³/mol. The van der Waals surface area contributed by atoms with Crippen LogP contribution in [0, 0.1) is 54.8 Å². The molecule has 7 heteroatoms. The third-order valence-electron chi connectivity index (χ3n) is 5.50. The van der Waals surface area contributed by atoms with Crippen molar-refractivity contribution < 1.29 is 70.1 Å². The van der Waals surface area contributed by atoms with Gasteiger partial charge in [-0.2, -0.15) is 0 Å². The van der Waals surface area contributed by atoms with Gasteiger partial charge in [0.2, 0.25) is 0 Å². The first-order valence-electron chi connectivity index (χ1n) is 13.8. The van der Waals surface area contributed by atoms with Gasteiger partial charge in [0, 0.05) is 66.7 Å². The van der Waals surface area contributed by atoms with Crippen molar-refractivity contribution >= 4 is 30.2 Å². The van der Waals surface area contributed by atoms with Crippen molar-refractivity contribution in [2.75, 3.05) is 20.0 Å². The molecule has 3 aromatic carbocycles. The molecule has 3 atom stereocenters. The van der Waals surface area contributed by atoms with Crippen LogP contribution in [0.5, 0.6) is 0 Å².